The monoisotopic (exact) mass is 272 g/mol. The van der Waals surface area contributed by atoms with Gasteiger partial charge in [-0.05, 0) is 19.3 Å². The lowest BCUT2D eigenvalue weighted by Gasteiger charge is -2.31. The summed E-state index contributed by atoms with van der Waals surface area (Å²) in [5, 5.41) is 11.4. The summed E-state index contributed by atoms with van der Waals surface area (Å²) < 4.78 is 5.10. The Labute approximate surface area is 114 Å². The molecule has 6 nitrogen and oxygen atoms in total. The van der Waals surface area contributed by atoms with Gasteiger partial charge in [0, 0.05) is 33.2 Å². The van der Waals surface area contributed by atoms with Crippen LogP contribution in [0.15, 0.2) is 0 Å². The van der Waals surface area contributed by atoms with Crippen LogP contribution < -0.4 is 5.32 Å². The highest BCUT2D eigenvalue weighted by molar-refractivity contribution is 5.80. The fourth-order valence-electron chi connectivity index (χ4n) is 2.17. The molecule has 1 aliphatic rings. The van der Waals surface area contributed by atoms with E-state index in [2.05, 4.69) is 5.32 Å². The maximum atomic E-state index is 11.9. The van der Waals surface area contributed by atoms with Crippen molar-refractivity contribution in [3.63, 3.8) is 0 Å². The third-order valence-corrected chi connectivity index (χ3v) is 3.24. The Balaban J connectivity index is 2.16. The van der Waals surface area contributed by atoms with Gasteiger partial charge in [0.25, 0.3) is 0 Å². The summed E-state index contributed by atoms with van der Waals surface area (Å²) in [4.78, 5) is 24.9. The van der Waals surface area contributed by atoms with Gasteiger partial charge in [0.1, 0.15) is 0 Å². The van der Waals surface area contributed by atoms with E-state index in [0.29, 0.717) is 26.3 Å². The van der Waals surface area contributed by atoms with Gasteiger partial charge in [0.2, 0.25) is 11.8 Å². The maximum absolute atomic E-state index is 11.9. The van der Waals surface area contributed by atoms with Crippen LogP contribution in [0.25, 0.3) is 0 Å². The van der Waals surface area contributed by atoms with Gasteiger partial charge in [-0.3, -0.25) is 9.59 Å². The van der Waals surface area contributed by atoms with Crippen LogP contribution in [0.3, 0.4) is 0 Å². The molecule has 1 rings (SSSR count). The van der Waals surface area contributed by atoms with Crippen molar-refractivity contribution in [2.45, 2.75) is 26.2 Å². The van der Waals surface area contributed by atoms with Crippen LogP contribution in [-0.2, 0) is 14.3 Å². The summed E-state index contributed by atoms with van der Waals surface area (Å²) in [6, 6.07) is 0. The van der Waals surface area contributed by atoms with Crippen LogP contribution in [0.4, 0.5) is 0 Å². The van der Waals surface area contributed by atoms with Gasteiger partial charge in [0.05, 0.1) is 19.1 Å². The number of nitrogens with one attached hydrogen (secondary N) is 1. The quantitative estimate of drug-likeness (QED) is 0.627. The van der Waals surface area contributed by atoms with Gasteiger partial charge < -0.3 is 20.1 Å². The number of likely N-dealkylation sites (tertiary alicyclic amines) is 1. The van der Waals surface area contributed by atoms with Gasteiger partial charge in [-0.25, -0.2) is 0 Å². The fraction of sp³-hybridized carbons (Fsp3) is 0.846. The Morgan fingerprint density at radius 2 is 2.21 bits per heavy atom. The molecule has 0 aromatic carbocycles. The highest BCUT2D eigenvalue weighted by Crippen LogP contribution is 2.16. The van der Waals surface area contributed by atoms with Gasteiger partial charge in [-0.2, -0.15) is 0 Å². The normalized spacial score (nSPS) is 19.3. The van der Waals surface area contributed by atoms with Crippen molar-refractivity contribution in [3.05, 3.63) is 0 Å². The van der Waals surface area contributed by atoms with E-state index in [-0.39, 0.29) is 24.3 Å². The second-order valence-corrected chi connectivity index (χ2v) is 4.78. The Hall–Kier alpha value is -1.14. The van der Waals surface area contributed by atoms with Gasteiger partial charge in [-0.1, -0.05) is 0 Å². The molecule has 2 amide bonds. The number of hydrogen-bond donors (Lipinski definition) is 2. The minimum absolute atomic E-state index is 0.0214. The number of hydrogen-bond acceptors (Lipinski definition) is 4. The number of carbonyl (C=O) groups excluding carboxylic acids is 2. The number of aliphatic hydroxyl groups is 1. The summed E-state index contributed by atoms with van der Waals surface area (Å²) >= 11 is 0. The zero-order chi connectivity index (χ0) is 14.1. The number of ether oxygens (including phenoxy) is 1. The average Bonchev–Trinajstić information content (AvgIpc) is 2.42. The first kappa shape index (κ1) is 15.9. The van der Waals surface area contributed by atoms with Crippen molar-refractivity contribution >= 4 is 11.8 Å². The molecule has 110 valence electrons. The number of amides is 2. The average molecular weight is 272 g/mol. The first-order valence-corrected chi connectivity index (χ1v) is 6.87. The number of rotatable bonds is 7. The second-order valence-electron chi connectivity index (χ2n) is 4.78. The van der Waals surface area contributed by atoms with Gasteiger partial charge in [-0.15, -0.1) is 0 Å². The van der Waals surface area contributed by atoms with Gasteiger partial charge >= 0.3 is 0 Å². The van der Waals surface area contributed by atoms with Crippen molar-refractivity contribution < 1.29 is 19.4 Å². The SMILES string of the molecule is CC(=O)N1CCCC(C(=O)NCCCOCCO)C1. The molecule has 0 saturated carbocycles. The summed E-state index contributed by atoms with van der Waals surface area (Å²) in [6.07, 6.45) is 2.46. The molecule has 1 atom stereocenters. The van der Waals surface area contributed by atoms with Crippen molar-refractivity contribution in [1.29, 1.82) is 0 Å². The minimum Gasteiger partial charge on any atom is -0.394 e. The summed E-state index contributed by atoms with van der Waals surface area (Å²) in [5.41, 5.74) is 0. The topological polar surface area (TPSA) is 78.9 Å². The van der Waals surface area contributed by atoms with E-state index < -0.39 is 0 Å². The molecule has 0 radical (unpaired) electrons. The molecule has 0 aromatic rings. The molecule has 1 fully saturated rings. The Morgan fingerprint density at radius 1 is 1.42 bits per heavy atom. The standard InChI is InChI=1S/C13H24N2O4/c1-11(17)15-6-2-4-12(10-15)13(18)14-5-3-8-19-9-7-16/h12,16H,2-10H2,1H3,(H,14,18). The van der Waals surface area contributed by atoms with Gasteiger partial charge in [0.15, 0.2) is 0 Å². The Kier molecular flexibility index (Phi) is 7.43. The van der Waals surface area contributed by atoms with Crippen LogP contribution >= 0.6 is 0 Å². The lowest BCUT2D eigenvalue weighted by molar-refractivity contribution is -0.133. The Morgan fingerprint density at radius 3 is 2.89 bits per heavy atom. The van der Waals surface area contributed by atoms with Crippen molar-refractivity contribution in [2.24, 2.45) is 5.92 Å². The first-order valence-electron chi connectivity index (χ1n) is 6.87. The molecule has 6 heteroatoms. The lowest BCUT2D eigenvalue weighted by Crippen LogP contribution is -2.44. The Bertz CT molecular complexity index is 296. The molecule has 0 aromatic heterocycles. The molecule has 1 aliphatic heterocycles. The van der Waals surface area contributed by atoms with Crippen LogP contribution in [0, 0.1) is 5.92 Å². The smallest absolute Gasteiger partial charge is 0.224 e. The molecule has 1 saturated heterocycles. The van der Waals surface area contributed by atoms with E-state index in [9.17, 15) is 9.59 Å². The molecule has 1 unspecified atom stereocenters. The lowest BCUT2D eigenvalue weighted by atomic mass is 9.97. The zero-order valence-electron chi connectivity index (χ0n) is 11.6. The third-order valence-electron chi connectivity index (χ3n) is 3.24. The number of nitrogens with zero attached hydrogens (tertiary/aromatic N) is 1. The summed E-state index contributed by atoms with van der Waals surface area (Å²) in [7, 11) is 0. The van der Waals surface area contributed by atoms with E-state index in [4.69, 9.17) is 9.84 Å². The van der Waals surface area contributed by atoms with Crippen molar-refractivity contribution in [3.8, 4) is 0 Å². The van der Waals surface area contributed by atoms with E-state index in [1.807, 2.05) is 0 Å². The molecule has 1 heterocycles. The predicted molar refractivity (Wildman–Crippen MR) is 70.5 cm³/mol. The number of piperidine rings is 1. The van der Waals surface area contributed by atoms with E-state index in [0.717, 1.165) is 25.8 Å². The third kappa shape index (κ3) is 6.02. The van der Waals surface area contributed by atoms with E-state index in [1.54, 1.807) is 11.8 Å². The highest BCUT2D eigenvalue weighted by Gasteiger charge is 2.26. The largest absolute Gasteiger partial charge is 0.394 e. The first-order chi connectivity index (χ1) is 9.15. The van der Waals surface area contributed by atoms with Crippen molar-refractivity contribution in [2.75, 3.05) is 39.5 Å². The number of aliphatic hydroxyl groups excluding tert-OH is 1. The molecule has 0 bridgehead atoms. The number of carbonyl (C=O) groups is 2. The van der Waals surface area contributed by atoms with E-state index >= 15 is 0 Å². The summed E-state index contributed by atoms with van der Waals surface area (Å²) in [5.74, 6) is -0.0287. The molecular formula is C13H24N2O4. The fourth-order valence-corrected chi connectivity index (χ4v) is 2.17. The van der Waals surface area contributed by atoms with Crippen LogP contribution in [0.5, 0.6) is 0 Å². The minimum atomic E-state index is -0.0870. The highest BCUT2D eigenvalue weighted by atomic mass is 16.5. The second kappa shape index (κ2) is 8.87. The zero-order valence-corrected chi connectivity index (χ0v) is 11.6. The maximum Gasteiger partial charge on any atom is 0.224 e. The molecule has 0 aliphatic carbocycles. The van der Waals surface area contributed by atoms with Crippen molar-refractivity contribution in [1.82, 2.24) is 10.2 Å². The predicted octanol–water partition coefficient (Wildman–Crippen LogP) is -0.240. The molecule has 2 N–H and O–H groups in total. The summed E-state index contributed by atoms with van der Waals surface area (Å²) in [6.45, 7) is 4.29. The van der Waals surface area contributed by atoms with Crippen LogP contribution in [0.2, 0.25) is 0 Å². The van der Waals surface area contributed by atoms with Crippen LogP contribution in [0.1, 0.15) is 26.2 Å². The molecule has 0 spiro atoms. The van der Waals surface area contributed by atoms with Crippen LogP contribution in [-0.4, -0.2) is 61.3 Å². The van der Waals surface area contributed by atoms with E-state index in [1.165, 1.54) is 0 Å². The molecule has 19 heavy (non-hydrogen) atoms. The molecular weight excluding hydrogens is 248 g/mol.